The number of ether oxygens (including phenoxy) is 2. The minimum Gasteiger partial charge on any atom is -0.480 e. The molecule has 1 rings (SSSR count). The first-order chi connectivity index (χ1) is 12.2. The van der Waals surface area contributed by atoms with E-state index in [2.05, 4.69) is 20.9 Å². The Morgan fingerprint density at radius 2 is 1.85 bits per heavy atom. The molecule has 26 heavy (non-hydrogen) atoms. The lowest BCUT2D eigenvalue weighted by Crippen LogP contribution is -2.50. The molecule has 0 saturated carbocycles. The maximum absolute atomic E-state index is 12.1. The molecular weight excluding hydrogens is 378 g/mol. The summed E-state index contributed by atoms with van der Waals surface area (Å²) in [5.74, 6) is -0.0317. The molecule has 9 heteroatoms. The van der Waals surface area contributed by atoms with Crippen molar-refractivity contribution in [3.05, 3.63) is 28.3 Å². The van der Waals surface area contributed by atoms with Crippen molar-refractivity contribution in [2.75, 3.05) is 13.7 Å². The number of halogens is 1. The molecule has 0 bridgehead atoms. The number of aryl methyl sites for hydroxylation is 2. The van der Waals surface area contributed by atoms with E-state index < -0.39 is 6.10 Å². The second kappa shape index (κ2) is 10.8. The van der Waals surface area contributed by atoms with Gasteiger partial charge in [-0.3, -0.25) is 20.4 Å². The number of carbonyl (C=O) groups is 2. The first kappa shape index (κ1) is 22.0. The van der Waals surface area contributed by atoms with Gasteiger partial charge in [0.25, 0.3) is 5.91 Å². The van der Waals surface area contributed by atoms with Gasteiger partial charge in [-0.15, -0.1) is 0 Å². The van der Waals surface area contributed by atoms with E-state index in [1.165, 1.54) is 7.11 Å². The van der Waals surface area contributed by atoms with Gasteiger partial charge in [0, 0.05) is 18.0 Å². The van der Waals surface area contributed by atoms with Gasteiger partial charge in [0.05, 0.1) is 7.11 Å². The molecule has 144 valence electrons. The van der Waals surface area contributed by atoms with E-state index in [4.69, 9.17) is 28.6 Å². The van der Waals surface area contributed by atoms with Crippen molar-refractivity contribution in [1.29, 1.82) is 0 Å². The highest BCUT2D eigenvalue weighted by Crippen LogP contribution is 2.27. The van der Waals surface area contributed by atoms with Gasteiger partial charge in [-0.05, 0) is 62.7 Å². The minimum absolute atomic E-state index is 0.245. The van der Waals surface area contributed by atoms with E-state index in [1.54, 1.807) is 19.1 Å². The number of rotatable bonds is 7. The molecule has 0 fully saturated rings. The lowest BCUT2D eigenvalue weighted by molar-refractivity contribution is -0.140. The number of carbonyl (C=O) groups excluding carboxylic acids is 2. The average Bonchev–Trinajstić information content (AvgIpc) is 2.59. The molecule has 1 amide bonds. The van der Waals surface area contributed by atoms with Gasteiger partial charge in [-0.25, -0.2) is 0 Å². The number of esters is 1. The Bertz CT molecular complexity index is 646. The Balaban J connectivity index is 2.39. The fourth-order valence-electron chi connectivity index (χ4n) is 2.11. The summed E-state index contributed by atoms with van der Waals surface area (Å²) >= 11 is 11.0. The predicted octanol–water partition coefficient (Wildman–Crippen LogP) is 2.17. The van der Waals surface area contributed by atoms with Gasteiger partial charge in [0.15, 0.2) is 11.2 Å². The fourth-order valence-corrected chi connectivity index (χ4v) is 2.59. The topological polar surface area (TPSA) is 88.7 Å². The summed E-state index contributed by atoms with van der Waals surface area (Å²) in [7, 11) is 1.34. The SMILES string of the molecule is COC(=O)CCCNC(=S)NNC(=O)[C@@H](C)Oc1c(C)cc(Cl)cc1C. The molecule has 0 aromatic heterocycles. The molecule has 1 atom stereocenters. The zero-order chi connectivity index (χ0) is 19.7. The van der Waals surface area contributed by atoms with Crippen molar-refractivity contribution in [3.63, 3.8) is 0 Å². The van der Waals surface area contributed by atoms with Gasteiger partial charge in [-0.2, -0.15) is 0 Å². The van der Waals surface area contributed by atoms with Gasteiger partial charge in [0.1, 0.15) is 5.75 Å². The van der Waals surface area contributed by atoms with Crippen LogP contribution in [0.4, 0.5) is 0 Å². The molecule has 1 aromatic rings. The Kier molecular flexibility index (Phi) is 9.15. The molecule has 0 aliphatic heterocycles. The van der Waals surface area contributed by atoms with E-state index >= 15 is 0 Å². The van der Waals surface area contributed by atoms with Crippen molar-refractivity contribution in [2.45, 2.75) is 39.7 Å². The monoisotopic (exact) mass is 401 g/mol. The van der Waals surface area contributed by atoms with Gasteiger partial charge in [-0.1, -0.05) is 11.6 Å². The molecule has 0 unspecified atom stereocenters. The molecule has 0 aliphatic carbocycles. The number of benzene rings is 1. The third-order valence-electron chi connectivity index (χ3n) is 3.46. The van der Waals surface area contributed by atoms with Crippen LogP contribution in [0.15, 0.2) is 12.1 Å². The average molecular weight is 402 g/mol. The molecule has 1 aromatic carbocycles. The number of hydrogen-bond acceptors (Lipinski definition) is 5. The third-order valence-corrected chi connectivity index (χ3v) is 3.92. The van der Waals surface area contributed by atoms with Gasteiger partial charge >= 0.3 is 5.97 Å². The van der Waals surface area contributed by atoms with Crippen LogP contribution in [0.2, 0.25) is 5.02 Å². The fraction of sp³-hybridized carbons (Fsp3) is 0.471. The van der Waals surface area contributed by atoms with E-state index in [0.29, 0.717) is 30.2 Å². The van der Waals surface area contributed by atoms with Crippen molar-refractivity contribution >= 4 is 40.8 Å². The Morgan fingerprint density at radius 1 is 1.23 bits per heavy atom. The van der Waals surface area contributed by atoms with Crippen LogP contribution in [0.1, 0.15) is 30.9 Å². The van der Waals surface area contributed by atoms with Crippen molar-refractivity contribution in [2.24, 2.45) is 0 Å². The second-order valence-electron chi connectivity index (χ2n) is 5.68. The zero-order valence-electron chi connectivity index (χ0n) is 15.3. The van der Waals surface area contributed by atoms with Crippen molar-refractivity contribution in [3.8, 4) is 5.75 Å². The summed E-state index contributed by atoms with van der Waals surface area (Å²) in [6, 6.07) is 3.56. The number of thiocarbonyl (C=S) groups is 1. The number of hydrazine groups is 1. The third kappa shape index (κ3) is 7.45. The molecule has 0 heterocycles. The molecule has 3 N–H and O–H groups in total. The van der Waals surface area contributed by atoms with Crippen LogP contribution in [0, 0.1) is 13.8 Å². The highest BCUT2D eigenvalue weighted by molar-refractivity contribution is 7.80. The van der Waals surface area contributed by atoms with Crippen LogP contribution in [-0.4, -0.2) is 36.7 Å². The number of methoxy groups -OCH3 is 1. The first-order valence-corrected chi connectivity index (χ1v) is 8.87. The number of hydrogen-bond donors (Lipinski definition) is 3. The van der Waals surface area contributed by atoms with Crippen molar-refractivity contribution < 1.29 is 19.1 Å². The van der Waals surface area contributed by atoms with Gasteiger partial charge in [0.2, 0.25) is 0 Å². The summed E-state index contributed by atoms with van der Waals surface area (Å²) < 4.78 is 10.3. The standard InChI is InChI=1S/C17H24ClN3O4S/c1-10-8-13(18)9-11(2)15(10)25-12(3)16(23)20-21-17(26)19-7-5-6-14(22)24-4/h8-9,12H,5-7H2,1-4H3,(H,20,23)(H2,19,21,26)/t12-/m1/s1. The summed E-state index contributed by atoms with van der Waals surface area (Å²) in [6.45, 7) is 5.85. The van der Waals surface area contributed by atoms with E-state index in [1.807, 2.05) is 13.8 Å². The molecule has 0 spiro atoms. The minimum atomic E-state index is -0.733. The van der Waals surface area contributed by atoms with Crippen LogP contribution >= 0.6 is 23.8 Å². The summed E-state index contributed by atoms with van der Waals surface area (Å²) in [5, 5.41) is 3.74. The second-order valence-corrected chi connectivity index (χ2v) is 6.52. The molecule has 7 nitrogen and oxygen atoms in total. The van der Waals surface area contributed by atoms with E-state index in [0.717, 1.165) is 11.1 Å². The van der Waals surface area contributed by atoms with E-state index in [9.17, 15) is 9.59 Å². The number of amides is 1. The lowest BCUT2D eigenvalue weighted by Gasteiger charge is -2.19. The quantitative estimate of drug-likeness (QED) is 0.279. The lowest BCUT2D eigenvalue weighted by atomic mass is 10.1. The first-order valence-electron chi connectivity index (χ1n) is 8.08. The summed E-state index contributed by atoms with van der Waals surface area (Å²) in [5.41, 5.74) is 6.78. The van der Waals surface area contributed by atoms with Crippen LogP contribution in [-0.2, 0) is 14.3 Å². The Labute approximate surface area is 163 Å². The summed E-state index contributed by atoms with van der Waals surface area (Å²) in [4.78, 5) is 23.1. The maximum atomic E-state index is 12.1. The Morgan fingerprint density at radius 3 is 2.42 bits per heavy atom. The highest BCUT2D eigenvalue weighted by Gasteiger charge is 2.17. The van der Waals surface area contributed by atoms with Crippen molar-refractivity contribution in [1.82, 2.24) is 16.2 Å². The molecule has 0 saturated heterocycles. The van der Waals surface area contributed by atoms with E-state index in [-0.39, 0.29) is 17.0 Å². The highest BCUT2D eigenvalue weighted by atomic mass is 35.5. The van der Waals surface area contributed by atoms with Gasteiger partial charge < -0.3 is 14.8 Å². The molecule has 0 radical (unpaired) electrons. The Hall–Kier alpha value is -2.06. The predicted molar refractivity (Wildman–Crippen MR) is 104 cm³/mol. The normalized spacial score (nSPS) is 11.3. The van der Waals surface area contributed by atoms with Crippen LogP contribution in [0.25, 0.3) is 0 Å². The summed E-state index contributed by atoms with van der Waals surface area (Å²) in [6.07, 6.45) is 0.128. The number of nitrogens with one attached hydrogen (secondary N) is 3. The molecule has 0 aliphatic rings. The van der Waals surface area contributed by atoms with Crippen LogP contribution < -0.4 is 20.9 Å². The zero-order valence-corrected chi connectivity index (χ0v) is 16.8. The smallest absolute Gasteiger partial charge is 0.305 e. The van der Waals surface area contributed by atoms with Crippen LogP contribution in [0.3, 0.4) is 0 Å². The maximum Gasteiger partial charge on any atom is 0.305 e. The molecular formula is C17H24ClN3O4S. The van der Waals surface area contributed by atoms with Crippen LogP contribution in [0.5, 0.6) is 5.75 Å². The largest absolute Gasteiger partial charge is 0.480 e.